The number of nitrogens with zero attached hydrogens (tertiary/aromatic N) is 1. The van der Waals surface area contributed by atoms with E-state index in [0.717, 1.165) is 16.6 Å². The van der Waals surface area contributed by atoms with E-state index in [1.165, 1.54) is 18.4 Å². The number of pyridine rings is 1. The lowest BCUT2D eigenvalue weighted by Gasteiger charge is -2.07. The summed E-state index contributed by atoms with van der Waals surface area (Å²) < 4.78 is 13.5. The predicted octanol–water partition coefficient (Wildman–Crippen LogP) is 3.87. The molecule has 0 atom stereocenters. The Hall–Kier alpha value is -1.44. The van der Waals surface area contributed by atoms with Gasteiger partial charge >= 0.3 is 0 Å². The first-order valence-electron chi connectivity index (χ1n) is 5.72. The van der Waals surface area contributed by atoms with Crippen LogP contribution in [0.5, 0.6) is 0 Å². The molecule has 1 heterocycles. The number of hydrogen-bond acceptors (Lipinski definition) is 1. The number of aryl methyl sites for hydroxylation is 2. The molecule has 16 heavy (non-hydrogen) atoms. The van der Waals surface area contributed by atoms with Gasteiger partial charge < -0.3 is 0 Å². The Morgan fingerprint density at radius 1 is 1.12 bits per heavy atom. The fourth-order valence-corrected chi connectivity index (χ4v) is 2.20. The number of rotatable bonds is 1. The molecule has 0 bridgehead atoms. The van der Waals surface area contributed by atoms with E-state index >= 15 is 0 Å². The molecule has 0 amide bonds. The zero-order valence-electron chi connectivity index (χ0n) is 9.55. The van der Waals surface area contributed by atoms with Crippen molar-refractivity contribution in [1.29, 1.82) is 0 Å². The maximum Gasteiger partial charge on any atom is 0.128 e. The molecule has 1 aliphatic rings. The molecule has 1 saturated carbocycles. The fourth-order valence-electron chi connectivity index (χ4n) is 2.20. The van der Waals surface area contributed by atoms with Gasteiger partial charge in [0.05, 0.1) is 5.52 Å². The molecule has 1 aliphatic carbocycles. The van der Waals surface area contributed by atoms with Gasteiger partial charge in [-0.05, 0) is 49.9 Å². The summed E-state index contributed by atoms with van der Waals surface area (Å²) in [4.78, 5) is 4.60. The molecular formula is C14H14FN. The summed E-state index contributed by atoms with van der Waals surface area (Å²) in [6.07, 6.45) is 2.46. The lowest BCUT2D eigenvalue weighted by molar-refractivity contribution is 0.620. The highest BCUT2D eigenvalue weighted by atomic mass is 19.1. The van der Waals surface area contributed by atoms with Crippen molar-refractivity contribution < 1.29 is 4.39 Å². The molecule has 1 aromatic heterocycles. The molecule has 0 aliphatic heterocycles. The van der Waals surface area contributed by atoms with Crippen LogP contribution < -0.4 is 0 Å². The summed E-state index contributed by atoms with van der Waals surface area (Å²) in [6.45, 7) is 3.89. The van der Waals surface area contributed by atoms with Gasteiger partial charge in [-0.1, -0.05) is 0 Å². The van der Waals surface area contributed by atoms with E-state index in [-0.39, 0.29) is 5.82 Å². The van der Waals surface area contributed by atoms with Crippen molar-refractivity contribution in [1.82, 2.24) is 4.98 Å². The summed E-state index contributed by atoms with van der Waals surface area (Å²) in [5.74, 6) is 0.458. The summed E-state index contributed by atoms with van der Waals surface area (Å²) >= 11 is 0. The normalized spacial score (nSPS) is 15.7. The largest absolute Gasteiger partial charge is 0.252 e. The monoisotopic (exact) mass is 215 g/mol. The van der Waals surface area contributed by atoms with Gasteiger partial charge in [-0.15, -0.1) is 0 Å². The number of fused-ring (bicyclic) bond motifs is 1. The highest BCUT2D eigenvalue weighted by Crippen LogP contribution is 2.41. The molecule has 2 heteroatoms. The topological polar surface area (TPSA) is 12.9 Å². The maximum atomic E-state index is 13.5. The van der Waals surface area contributed by atoms with Crippen molar-refractivity contribution in [3.63, 3.8) is 0 Å². The molecule has 2 aromatic rings. The minimum absolute atomic E-state index is 0.161. The highest BCUT2D eigenvalue weighted by Gasteiger charge is 2.26. The Kier molecular flexibility index (Phi) is 2.00. The van der Waals surface area contributed by atoms with Crippen molar-refractivity contribution in [2.75, 3.05) is 0 Å². The third-order valence-electron chi connectivity index (χ3n) is 3.29. The smallest absolute Gasteiger partial charge is 0.128 e. The first-order valence-corrected chi connectivity index (χ1v) is 5.72. The van der Waals surface area contributed by atoms with Crippen LogP contribution in [0, 0.1) is 19.7 Å². The van der Waals surface area contributed by atoms with Crippen LogP contribution >= 0.6 is 0 Å². The van der Waals surface area contributed by atoms with Gasteiger partial charge in [-0.2, -0.15) is 0 Å². The van der Waals surface area contributed by atoms with Crippen molar-refractivity contribution in [2.24, 2.45) is 0 Å². The van der Waals surface area contributed by atoms with Gasteiger partial charge in [-0.3, -0.25) is 4.98 Å². The van der Waals surface area contributed by atoms with Gasteiger partial charge in [0.25, 0.3) is 0 Å². The van der Waals surface area contributed by atoms with Crippen molar-refractivity contribution in [3.8, 4) is 0 Å². The minimum Gasteiger partial charge on any atom is -0.252 e. The van der Waals surface area contributed by atoms with Crippen LogP contribution in [0.2, 0.25) is 0 Å². The van der Waals surface area contributed by atoms with Crippen LogP contribution in [0.3, 0.4) is 0 Å². The molecule has 1 nitrogen and oxygen atoms in total. The fraction of sp³-hybridized carbons (Fsp3) is 0.357. The van der Waals surface area contributed by atoms with Crippen LogP contribution in [0.15, 0.2) is 18.2 Å². The maximum absolute atomic E-state index is 13.5. The van der Waals surface area contributed by atoms with Crippen LogP contribution in [-0.4, -0.2) is 4.98 Å². The Labute approximate surface area is 94.3 Å². The minimum atomic E-state index is -0.161. The van der Waals surface area contributed by atoms with Gasteiger partial charge in [0.1, 0.15) is 5.82 Å². The van der Waals surface area contributed by atoms with Gasteiger partial charge in [0.15, 0.2) is 0 Å². The second-order valence-electron chi connectivity index (χ2n) is 4.76. The standard InChI is InChI=1S/C14H14FN/c1-8-5-11-6-9(2)14(10-3-4-10)16-13(11)7-12(8)15/h5-7,10H,3-4H2,1-2H3. The number of halogens is 1. The summed E-state index contributed by atoms with van der Waals surface area (Å²) in [6, 6.07) is 5.56. The Morgan fingerprint density at radius 2 is 1.81 bits per heavy atom. The average Bonchev–Trinajstić information content (AvgIpc) is 3.03. The average molecular weight is 215 g/mol. The molecule has 0 N–H and O–H groups in total. The molecular weight excluding hydrogens is 201 g/mol. The Bertz CT molecular complexity index is 570. The summed E-state index contributed by atoms with van der Waals surface area (Å²) in [7, 11) is 0. The Morgan fingerprint density at radius 3 is 2.50 bits per heavy atom. The summed E-state index contributed by atoms with van der Waals surface area (Å²) in [5, 5.41) is 1.04. The molecule has 1 aromatic carbocycles. The molecule has 3 rings (SSSR count). The molecule has 0 saturated heterocycles. The lowest BCUT2D eigenvalue weighted by atomic mass is 10.1. The van der Waals surface area contributed by atoms with E-state index in [9.17, 15) is 4.39 Å². The Balaban J connectivity index is 2.26. The number of hydrogen-bond donors (Lipinski definition) is 0. The van der Waals surface area contributed by atoms with Gasteiger partial charge in [0.2, 0.25) is 0 Å². The van der Waals surface area contributed by atoms with Gasteiger partial charge in [-0.25, -0.2) is 4.39 Å². The van der Waals surface area contributed by atoms with E-state index in [2.05, 4.69) is 18.0 Å². The number of benzene rings is 1. The second kappa shape index (κ2) is 3.27. The molecule has 0 unspecified atom stereocenters. The van der Waals surface area contributed by atoms with E-state index in [0.29, 0.717) is 11.5 Å². The zero-order chi connectivity index (χ0) is 11.3. The third kappa shape index (κ3) is 1.49. The van der Waals surface area contributed by atoms with Crippen molar-refractivity contribution in [3.05, 3.63) is 40.8 Å². The van der Waals surface area contributed by atoms with Crippen LogP contribution in [-0.2, 0) is 0 Å². The predicted molar refractivity (Wildman–Crippen MR) is 63.2 cm³/mol. The number of aromatic nitrogens is 1. The molecule has 1 fully saturated rings. The first kappa shape index (κ1) is 9.76. The molecule has 82 valence electrons. The third-order valence-corrected chi connectivity index (χ3v) is 3.29. The quantitative estimate of drug-likeness (QED) is 0.703. The van der Waals surface area contributed by atoms with Crippen molar-refractivity contribution >= 4 is 10.9 Å². The van der Waals surface area contributed by atoms with E-state index in [1.807, 2.05) is 6.07 Å². The van der Waals surface area contributed by atoms with E-state index in [4.69, 9.17) is 0 Å². The van der Waals surface area contributed by atoms with Gasteiger partial charge in [0, 0.05) is 23.1 Å². The van der Waals surface area contributed by atoms with Crippen LogP contribution in [0.1, 0.15) is 35.6 Å². The molecule has 0 radical (unpaired) electrons. The first-order chi connectivity index (χ1) is 7.65. The van der Waals surface area contributed by atoms with Crippen molar-refractivity contribution in [2.45, 2.75) is 32.6 Å². The zero-order valence-corrected chi connectivity index (χ0v) is 9.55. The SMILES string of the molecule is Cc1cc2cc(C)c(C3CC3)nc2cc1F. The lowest BCUT2D eigenvalue weighted by Crippen LogP contribution is -1.94. The molecule has 0 spiro atoms. The van der Waals surface area contributed by atoms with E-state index in [1.54, 1.807) is 13.0 Å². The van der Waals surface area contributed by atoms with Crippen LogP contribution in [0.25, 0.3) is 10.9 Å². The van der Waals surface area contributed by atoms with Crippen LogP contribution in [0.4, 0.5) is 4.39 Å². The second-order valence-corrected chi connectivity index (χ2v) is 4.76. The highest BCUT2D eigenvalue weighted by molar-refractivity contribution is 5.80. The summed E-state index contributed by atoms with van der Waals surface area (Å²) in [5.41, 5.74) is 3.88. The van der Waals surface area contributed by atoms with E-state index < -0.39 is 0 Å².